The highest BCUT2D eigenvalue weighted by Gasteiger charge is 2.06. The molecule has 27 heavy (non-hydrogen) atoms. The largest absolute Gasteiger partial charge is 0.345 e. The van der Waals surface area contributed by atoms with Gasteiger partial charge in [0.1, 0.15) is 0 Å². The minimum atomic E-state index is 0.521. The van der Waals surface area contributed by atoms with E-state index in [-0.39, 0.29) is 0 Å². The van der Waals surface area contributed by atoms with Gasteiger partial charge in [-0.25, -0.2) is 19.6 Å². The van der Waals surface area contributed by atoms with Crippen molar-refractivity contribution < 1.29 is 0 Å². The van der Waals surface area contributed by atoms with Gasteiger partial charge in [-0.15, -0.1) is 5.10 Å². The Morgan fingerprint density at radius 3 is 2.89 bits per heavy atom. The lowest BCUT2D eigenvalue weighted by atomic mass is 10.1. The molecular weight excluding hydrogens is 340 g/mol. The van der Waals surface area contributed by atoms with Gasteiger partial charge in [-0.2, -0.15) is 0 Å². The summed E-state index contributed by atoms with van der Waals surface area (Å²) in [5, 5.41) is 11.1. The van der Waals surface area contributed by atoms with Gasteiger partial charge in [0.2, 0.25) is 5.95 Å². The molecule has 0 spiro atoms. The summed E-state index contributed by atoms with van der Waals surface area (Å²) in [7, 11) is 0. The summed E-state index contributed by atoms with van der Waals surface area (Å²) in [6.45, 7) is 0. The molecule has 0 amide bonds. The average molecular weight is 354 g/mol. The minimum absolute atomic E-state index is 0.521. The van der Waals surface area contributed by atoms with E-state index in [1.165, 1.54) is 0 Å². The molecular formula is C19H14N8. The summed E-state index contributed by atoms with van der Waals surface area (Å²) in [6, 6.07) is 15.7. The summed E-state index contributed by atoms with van der Waals surface area (Å²) in [4.78, 5) is 16.3. The third-order valence-corrected chi connectivity index (χ3v) is 4.16. The summed E-state index contributed by atoms with van der Waals surface area (Å²) < 4.78 is 1.70. The second kappa shape index (κ2) is 6.34. The van der Waals surface area contributed by atoms with Gasteiger partial charge in [-0.3, -0.25) is 0 Å². The van der Waals surface area contributed by atoms with Crippen LogP contribution < -0.4 is 5.32 Å². The van der Waals surface area contributed by atoms with Crippen LogP contribution in [-0.2, 0) is 0 Å². The van der Waals surface area contributed by atoms with Crippen LogP contribution in [0.1, 0.15) is 0 Å². The predicted molar refractivity (Wildman–Crippen MR) is 102 cm³/mol. The Morgan fingerprint density at radius 1 is 0.963 bits per heavy atom. The lowest BCUT2D eigenvalue weighted by Gasteiger charge is -2.08. The summed E-state index contributed by atoms with van der Waals surface area (Å²) in [5.41, 5.74) is 5.49. The molecule has 0 aliphatic rings. The van der Waals surface area contributed by atoms with Gasteiger partial charge in [0, 0.05) is 17.4 Å². The first kappa shape index (κ1) is 15.2. The van der Waals surface area contributed by atoms with E-state index >= 15 is 0 Å². The van der Waals surface area contributed by atoms with Crippen LogP contribution in [0.2, 0.25) is 0 Å². The fourth-order valence-electron chi connectivity index (χ4n) is 2.88. The van der Waals surface area contributed by atoms with Gasteiger partial charge in [-0.05, 0) is 36.4 Å². The molecule has 0 saturated carbocycles. The second-order valence-corrected chi connectivity index (χ2v) is 5.92. The highest BCUT2D eigenvalue weighted by molar-refractivity contribution is 5.80. The SMILES string of the molecule is c1cc(Nc2nccc(-c3ccc4nc[nH]c4c3)n2)cc(-n2ccnn2)c1. The van der Waals surface area contributed by atoms with E-state index in [2.05, 4.69) is 35.6 Å². The monoisotopic (exact) mass is 354 g/mol. The summed E-state index contributed by atoms with van der Waals surface area (Å²) in [6.07, 6.45) is 6.86. The molecule has 3 aromatic heterocycles. The van der Waals surface area contributed by atoms with E-state index in [1.54, 1.807) is 29.6 Å². The smallest absolute Gasteiger partial charge is 0.227 e. The van der Waals surface area contributed by atoms with E-state index in [0.29, 0.717) is 5.95 Å². The average Bonchev–Trinajstić information content (AvgIpc) is 3.40. The number of hydrogen-bond donors (Lipinski definition) is 2. The van der Waals surface area contributed by atoms with Crippen molar-refractivity contribution >= 4 is 22.7 Å². The van der Waals surface area contributed by atoms with Crippen molar-refractivity contribution in [1.82, 2.24) is 34.9 Å². The molecule has 8 heteroatoms. The molecule has 2 N–H and O–H groups in total. The van der Waals surface area contributed by atoms with Gasteiger partial charge in [0.05, 0.1) is 41.1 Å². The van der Waals surface area contributed by atoms with Crippen LogP contribution in [0.15, 0.2) is 73.4 Å². The number of aromatic nitrogens is 7. The molecule has 0 unspecified atom stereocenters. The Kier molecular flexibility index (Phi) is 3.57. The number of anilines is 2. The van der Waals surface area contributed by atoms with Gasteiger partial charge < -0.3 is 10.3 Å². The van der Waals surface area contributed by atoms with E-state index < -0.39 is 0 Å². The molecule has 3 heterocycles. The molecule has 0 saturated heterocycles. The van der Waals surface area contributed by atoms with Crippen LogP contribution in [0.25, 0.3) is 28.0 Å². The van der Waals surface area contributed by atoms with E-state index in [0.717, 1.165) is 33.7 Å². The van der Waals surface area contributed by atoms with Crippen LogP contribution in [0.3, 0.4) is 0 Å². The molecule has 0 bridgehead atoms. The summed E-state index contributed by atoms with van der Waals surface area (Å²) >= 11 is 0. The Morgan fingerprint density at radius 2 is 1.96 bits per heavy atom. The maximum Gasteiger partial charge on any atom is 0.227 e. The van der Waals surface area contributed by atoms with Crippen molar-refractivity contribution in [3.8, 4) is 16.9 Å². The van der Waals surface area contributed by atoms with Gasteiger partial charge in [0.25, 0.3) is 0 Å². The van der Waals surface area contributed by atoms with Gasteiger partial charge in [-0.1, -0.05) is 17.3 Å². The number of aromatic amines is 1. The predicted octanol–water partition coefficient (Wildman–Crippen LogP) is 3.34. The van der Waals surface area contributed by atoms with Crippen molar-refractivity contribution in [2.75, 3.05) is 5.32 Å². The van der Waals surface area contributed by atoms with E-state index in [4.69, 9.17) is 0 Å². The maximum atomic E-state index is 4.63. The number of imidazole rings is 1. The highest BCUT2D eigenvalue weighted by Crippen LogP contribution is 2.23. The van der Waals surface area contributed by atoms with E-state index in [1.807, 2.05) is 48.5 Å². The van der Waals surface area contributed by atoms with Crippen LogP contribution in [-0.4, -0.2) is 34.9 Å². The van der Waals surface area contributed by atoms with E-state index in [9.17, 15) is 0 Å². The van der Waals surface area contributed by atoms with Gasteiger partial charge in [0.15, 0.2) is 0 Å². The van der Waals surface area contributed by atoms with Crippen molar-refractivity contribution in [3.63, 3.8) is 0 Å². The third-order valence-electron chi connectivity index (χ3n) is 4.16. The molecule has 0 fully saturated rings. The Labute approximate surface area is 153 Å². The maximum absolute atomic E-state index is 4.63. The normalized spacial score (nSPS) is 11.0. The minimum Gasteiger partial charge on any atom is -0.345 e. The molecule has 5 rings (SSSR count). The third kappa shape index (κ3) is 2.99. The van der Waals surface area contributed by atoms with Crippen LogP contribution >= 0.6 is 0 Å². The van der Waals surface area contributed by atoms with Crippen molar-refractivity contribution in [1.29, 1.82) is 0 Å². The number of fused-ring (bicyclic) bond motifs is 1. The molecule has 2 aromatic carbocycles. The molecule has 130 valence electrons. The first-order chi connectivity index (χ1) is 13.3. The molecule has 0 aliphatic carbocycles. The molecule has 0 aliphatic heterocycles. The number of nitrogens with zero attached hydrogens (tertiary/aromatic N) is 6. The van der Waals surface area contributed by atoms with Crippen molar-refractivity contribution in [2.45, 2.75) is 0 Å². The zero-order valence-corrected chi connectivity index (χ0v) is 14.1. The van der Waals surface area contributed by atoms with Gasteiger partial charge >= 0.3 is 0 Å². The fraction of sp³-hybridized carbons (Fsp3) is 0. The molecule has 0 atom stereocenters. The topological polar surface area (TPSA) is 97.2 Å². The number of nitrogens with one attached hydrogen (secondary N) is 2. The standard InChI is InChI=1S/C19H14N8/c1-2-14(11-15(3-1)27-9-8-23-26-27)24-19-20-7-6-16(25-19)13-4-5-17-18(10-13)22-12-21-17/h1-12H,(H,21,22)(H,20,24,25). The van der Waals surface area contributed by atoms with Crippen LogP contribution in [0.4, 0.5) is 11.6 Å². The number of hydrogen-bond acceptors (Lipinski definition) is 6. The zero-order chi connectivity index (χ0) is 18.1. The first-order valence-electron chi connectivity index (χ1n) is 8.35. The fourth-order valence-corrected chi connectivity index (χ4v) is 2.88. The molecule has 8 nitrogen and oxygen atoms in total. The summed E-state index contributed by atoms with van der Waals surface area (Å²) in [5.74, 6) is 0.521. The lowest BCUT2D eigenvalue weighted by molar-refractivity contribution is 0.803. The Bertz CT molecular complexity index is 1210. The number of rotatable bonds is 4. The lowest BCUT2D eigenvalue weighted by Crippen LogP contribution is -2.00. The molecule has 5 aromatic rings. The van der Waals surface area contributed by atoms with Crippen LogP contribution in [0.5, 0.6) is 0 Å². The Balaban J connectivity index is 1.45. The van der Waals surface area contributed by atoms with Crippen molar-refractivity contribution in [3.05, 3.63) is 73.4 Å². The second-order valence-electron chi connectivity index (χ2n) is 5.92. The number of H-pyrrole nitrogens is 1. The first-order valence-corrected chi connectivity index (χ1v) is 8.35. The quantitative estimate of drug-likeness (QED) is 0.514. The Hall–Kier alpha value is -4.07. The number of benzene rings is 2. The van der Waals surface area contributed by atoms with Crippen molar-refractivity contribution in [2.24, 2.45) is 0 Å². The molecule has 0 radical (unpaired) electrons. The van der Waals surface area contributed by atoms with Crippen LogP contribution in [0, 0.1) is 0 Å². The zero-order valence-electron chi connectivity index (χ0n) is 14.1. The highest BCUT2D eigenvalue weighted by atomic mass is 15.4.